The quantitative estimate of drug-likeness (QED) is 0.511. The van der Waals surface area contributed by atoms with E-state index in [4.69, 9.17) is 20.8 Å². The molecule has 3 aromatic heterocycles. The normalized spacial score (nSPS) is 12.8. The number of nitrogens with zero attached hydrogens (tertiary/aromatic N) is 5. The van der Waals surface area contributed by atoms with E-state index in [0.29, 0.717) is 41.8 Å². The van der Waals surface area contributed by atoms with Gasteiger partial charge in [0.15, 0.2) is 17.3 Å². The molecule has 0 aliphatic heterocycles. The van der Waals surface area contributed by atoms with E-state index in [1.54, 1.807) is 19.9 Å². The van der Waals surface area contributed by atoms with Crippen LogP contribution in [0.15, 0.2) is 10.7 Å². The van der Waals surface area contributed by atoms with Gasteiger partial charge in [-0.1, -0.05) is 19.8 Å². The summed E-state index contributed by atoms with van der Waals surface area (Å²) in [5.41, 5.74) is 12.8. The highest BCUT2D eigenvalue weighted by molar-refractivity contribution is 5.86. The van der Waals surface area contributed by atoms with Gasteiger partial charge in [-0.2, -0.15) is 0 Å². The van der Waals surface area contributed by atoms with Crippen LogP contribution in [0.25, 0.3) is 22.6 Å². The van der Waals surface area contributed by atoms with Gasteiger partial charge < -0.3 is 25.9 Å². The molecule has 160 valence electrons. The molecule has 3 heterocycles. The molecular weight excluding hydrogens is 386 g/mol. The molecule has 10 heteroatoms. The van der Waals surface area contributed by atoms with Gasteiger partial charge in [-0.05, 0) is 42.9 Å². The highest BCUT2D eigenvalue weighted by Gasteiger charge is 2.22. The number of nitrogens with two attached hydrogens (primary N) is 2. The number of imidazole rings is 1. The Balaban J connectivity index is 2.18. The second kappa shape index (κ2) is 8.30. The SMILES string of the molecule is CCn1c(-c2nonc2N)nc2c(C#CC(C)(C)O)nc(OC[C@@H](N)C(C)C)cc21. The average molecular weight is 413 g/mol. The van der Waals surface area contributed by atoms with E-state index < -0.39 is 5.60 Å². The number of hydrogen-bond acceptors (Lipinski definition) is 9. The zero-order valence-corrected chi connectivity index (χ0v) is 17.8. The fraction of sp³-hybridized carbons (Fsp3) is 0.500. The molecule has 0 amide bonds. The summed E-state index contributed by atoms with van der Waals surface area (Å²) in [6.07, 6.45) is 0. The molecule has 0 aliphatic rings. The molecule has 0 fully saturated rings. The average Bonchev–Trinajstić information content (AvgIpc) is 3.25. The molecule has 5 N–H and O–H groups in total. The van der Waals surface area contributed by atoms with E-state index in [2.05, 4.69) is 32.1 Å². The molecule has 0 radical (unpaired) electrons. The Bertz CT molecular complexity index is 1100. The number of aromatic nitrogens is 5. The largest absolute Gasteiger partial charge is 0.476 e. The van der Waals surface area contributed by atoms with Crippen molar-refractivity contribution in [3.8, 4) is 29.2 Å². The van der Waals surface area contributed by atoms with Crippen molar-refractivity contribution in [1.82, 2.24) is 24.8 Å². The van der Waals surface area contributed by atoms with Crippen molar-refractivity contribution < 1.29 is 14.5 Å². The van der Waals surface area contributed by atoms with E-state index in [-0.39, 0.29) is 17.8 Å². The van der Waals surface area contributed by atoms with Gasteiger partial charge in [0, 0.05) is 18.7 Å². The highest BCUT2D eigenvalue weighted by atomic mass is 16.6. The Hall–Kier alpha value is -3.16. The molecule has 0 aromatic carbocycles. The maximum absolute atomic E-state index is 10.0. The van der Waals surface area contributed by atoms with Crippen LogP contribution in [0.1, 0.15) is 40.3 Å². The third-order valence-corrected chi connectivity index (χ3v) is 4.52. The van der Waals surface area contributed by atoms with E-state index in [0.717, 1.165) is 5.52 Å². The van der Waals surface area contributed by atoms with Gasteiger partial charge in [0.2, 0.25) is 5.88 Å². The summed E-state index contributed by atoms with van der Waals surface area (Å²) in [5, 5.41) is 17.5. The predicted octanol–water partition coefficient (Wildman–Crippen LogP) is 1.57. The lowest BCUT2D eigenvalue weighted by molar-refractivity contribution is 0.143. The number of ether oxygens (including phenoxy) is 1. The van der Waals surface area contributed by atoms with E-state index in [9.17, 15) is 5.11 Å². The molecule has 0 saturated carbocycles. The summed E-state index contributed by atoms with van der Waals surface area (Å²) in [6.45, 7) is 10.1. The second-order valence-electron chi connectivity index (χ2n) is 7.88. The topological polar surface area (TPSA) is 151 Å². The third-order valence-electron chi connectivity index (χ3n) is 4.52. The molecular formula is C20H27N7O3. The molecule has 0 spiro atoms. The van der Waals surface area contributed by atoms with Crippen molar-refractivity contribution in [2.24, 2.45) is 11.7 Å². The number of anilines is 1. The molecule has 3 rings (SSSR count). The summed E-state index contributed by atoms with van der Waals surface area (Å²) in [5.74, 6) is 6.94. The Morgan fingerprint density at radius 3 is 2.60 bits per heavy atom. The maximum atomic E-state index is 10.0. The maximum Gasteiger partial charge on any atom is 0.216 e. The number of rotatable bonds is 6. The van der Waals surface area contributed by atoms with Crippen LogP contribution < -0.4 is 16.2 Å². The van der Waals surface area contributed by atoms with Crippen LogP contribution in [0, 0.1) is 17.8 Å². The molecule has 1 atom stereocenters. The molecule has 0 unspecified atom stereocenters. The second-order valence-corrected chi connectivity index (χ2v) is 7.88. The summed E-state index contributed by atoms with van der Waals surface area (Å²) >= 11 is 0. The number of hydrogen-bond donors (Lipinski definition) is 3. The van der Waals surface area contributed by atoms with E-state index in [1.807, 2.05) is 25.3 Å². The number of aryl methyl sites for hydroxylation is 1. The first-order chi connectivity index (χ1) is 14.1. The van der Waals surface area contributed by atoms with Crippen LogP contribution >= 0.6 is 0 Å². The Kier molecular flexibility index (Phi) is 5.96. The summed E-state index contributed by atoms with van der Waals surface area (Å²) in [4.78, 5) is 9.14. The van der Waals surface area contributed by atoms with Gasteiger partial charge in [0.05, 0.1) is 5.52 Å². The molecule has 3 aromatic rings. The molecule has 0 aliphatic carbocycles. The third kappa shape index (κ3) is 4.53. The van der Waals surface area contributed by atoms with E-state index >= 15 is 0 Å². The van der Waals surface area contributed by atoms with Crippen LogP contribution in [-0.4, -0.2) is 48.2 Å². The van der Waals surface area contributed by atoms with Gasteiger partial charge in [0.1, 0.15) is 23.4 Å². The Morgan fingerprint density at radius 1 is 1.30 bits per heavy atom. The Morgan fingerprint density at radius 2 is 2.03 bits per heavy atom. The van der Waals surface area contributed by atoms with Gasteiger partial charge in [0.25, 0.3) is 0 Å². The van der Waals surface area contributed by atoms with Crippen LogP contribution in [-0.2, 0) is 6.54 Å². The first-order valence-corrected chi connectivity index (χ1v) is 9.74. The van der Waals surface area contributed by atoms with Gasteiger partial charge >= 0.3 is 0 Å². The van der Waals surface area contributed by atoms with Gasteiger partial charge in [-0.15, -0.1) is 0 Å². The summed E-state index contributed by atoms with van der Waals surface area (Å²) < 4.78 is 12.5. The number of pyridine rings is 1. The lowest BCUT2D eigenvalue weighted by atomic mass is 10.1. The molecule has 10 nitrogen and oxygen atoms in total. The lowest BCUT2D eigenvalue weighted by Crippen LogP contribution is -2.33. The van der Waals surface area contributed by atoms with Gasteiger partial charge in [-0.25, -0.2) is 14.6 Å². The first-order valence-electron chi connectivity index (χ1n) is 9.74. The first kappa shape index (κ1) is 21.5. The van der Waals surface area contributed by atoms with Crippen LogP contribution in [0.4, 0.5) is 5.82 Å². The summed E-state index contributed by atoms with van der Waals surface area (Å²) in [7, 11) is 0. The molecule has 0 saturated heterocycles. The lowest BCUT2D eigenvalue weighted by Gasteiger charge is -2.16. The molecule has 0 bridgehead atoms. The zero-order chi connectivity index (χ0) is 22.1. The predicted molar refractivity (Wildman–Crippen MR) is 112 cm³/mol. The van der Waals surface area contributed by atoms with Crippen LogP contribution in [0.5, 0.6) is 5.88 Å². The van der Waals surface area contributed by atoms with Crippen molar-refractivity contribution in [3.05, 3.63) is 11.8 Å². The van der Waals surface area contributed by atoms with Crippen LogP contribution in [0.2, 0.25) is 0 Å². The van der Waals surface area contributed by atoms with Crippen molar-refractivity contribution in [2.75, 3.05) is 12.3 Å². The standard InChI is InChI=1S/C20H27N7O3/c1-6-27-14-9-15(29-10-12(21)11(2)3)23-13(7-8-20(4,5)28)16(14)24-19(27)17-18(22)26-30-25-17/h9,11-12,28H,6,10,21H2,1-5H3,(H2,22,26)/t12-/m1/s1. The highest BCUT2D eigenvalue weighted by Crippen LogP contribution is 2.29. The summed E-state index contributed by atoms with van der Waals surface area (Å²) in [6, 6.07) is 1.64. The fourth-order valence-corrected chi connectivity index (χ4v) is 2.70. The zero-order valence-electron chi connectivity index (χ0n) is 17.8. The minimum absolute atomic E-state index is 0.136. The Labute approximate surface area is 174 Å². The smallest absolute Gasteiger partial charge is 0.216 e. The number of nitrogen functional groups attached to an aromatic ring is 1. The monoisotopic (exact) mass is 413 g/mol. The fourth-order valence-electron chi connectivity index (χ4n) is 2.70. The van der Waals surface area contributed by atoms with Crippen molar-refractivity contribution in [2.45, 2.75) is 52.8 Å². The minimum atomic E-state index is -1.19. The van der Waals surface area contributed by atoms with Crippen molar-refractivity contribution in [1.29, 1.82) is 0 Å². The molecule has 30 heavy (non-hydrogen) atoms. The number of aliphatic hydroxyl groups is 1. The number of fused-ring (bicyclic) bond motifs is 1. The van der Waals surface area contributed by atoms with Gasteiger partial charge in [-0.3, -0.25) is 0 Å². The van der Waals surface area contributed by atoms with Crippen LogP contribution in [0.3, 0.4) is 0 Å². The van der Waals surface area contributed by atoms with Crippen molar-refractivity contribution in [3.63, 3.8) is 0 Å². The van der Waals surface area contributed by atoms with Crippen molar-refractivity contribution >= 4 is 16.9 Å². The minimum Gasteiger partial charge on any atom is -0.476 e. The van der Waals surface area contributed by atoms with E-state index in [1.165, 1.54) is 0 Å².